The average Bonchev–Trinajstić information content (AvgIpc) is 2.38. The van der Waals surface area contributed by atoms with E-state index in [9.17, 15) is 0 Å². The molecule has 2 rings (SSSR count). The van der Waals surface area contributed by atoms with Gasteiger partial charge in [-0.25, -0.2) is 0 Å². The highest BCUT2D eigenvalue weighted by Crippen LogP contribution is 2.26. The number of anilines is 1. The molecule has 0 radical (unpaired) electrons. The van der Waals surface area contributed by atoms with Crippen molar-refractivity contribution in [2.75, 3.05) is 18.0 Å². The van der Waals surface area contributed by atoms with E-state index in [1.165, 1.54) is 42.6 Å². The largest absolute Gasteiger partial charge is 0.369 e. The van der Waals surface area contributed by atoms with Gasteiger partial charge in [-0.15, -0.1) is 0 Å². The smallest absolute Gasteiger partial charge is 0.0371 e. The molecule has 1 atom stereocenters. The summed E-state index contributed by atoms with van der Waals surface area (Å²) in [6, 6.07) is 7.63. The number of aryl methyl sites for hydroxylation is 1. The molecule has 0 bridgehead atoms. The summed E-state index contributed by atoms with van der Waals surface area (Å²) in [5.41, 5.74) is 4.23. The van der Waals surface area contributed by atoms with Gasteiger partial charge in [-0.2, -0.15) is 0 Å². The summed E-state index contributed by atoms with van der Waals surface area (Å²) >= 11 is 0. The SMILES string of the molecule is CCNCc1ccc(N2CCCCC2C)cc1C. The van der Waals surface area contributed by atoms with Crippen LogP contribution >= 0.6 is 0 Å². The van der Waals surface area contributed by atoms with Crippen molar-refractivity contribution in [2.45, 2.75) is 52.6 Å². The molecule has 1 N–H and O–H groups in total. The summed E-state index contributed by atoms with van der Waals surface area (Å²) in [5, 5.41) is 3.40. The molecule has 0 amide bonds. The second-order valence-corrected chi connectivity index (χ2v) is 5.43. The maximum absolute atomic E-state index is 3.40. The quantitative estimate of drug-likeness (QED) is 0.875. The van der Waals surface area contributed by atoms with Crippen LogP contribution in [0.25, 0.3) is 0 Å². The second-order valence-electron chi connectivity index (χ2n) is 5.43. The molecule has 0 aliphatic carbocycles. The van der Waals surface area contributed by atoms with Crippen molar-refractivity contribution < 1.29 is 0 Å². The first-order valence-electron chi connectivity index (χ1n) is 7.29. The zero-order valence-corrected chi connectivity index (χ0v) is 12.0. The van der Waals surface area contributed by atoms with E-state index in [1.807, 2.05) is 0 Å². The van der Waals surface area contributed by atoms with Gasteiger partial charge in [0.25, 0.3) is 0 Å². The Bertz CT molecular complexity index is 387. The summed E-state index contributed by atoms with van der Waals surface area (Å²) in [5.74, 6) is 0. The predicted octanol–water partition coefficient (Wildman–Crippen LogP) is 3.48. The lowest BCUT2D eigenvalue weighted by Gasteiger charge is -2.35. The molecule has 1 heterocycles. The second kappa shape index (κ2) is 6.24. The van der Waals surface area contributed by atoms with Gasteiger partial charge < -0.3 is 10.2 Å². The molecule has 0 saturated carbocycles. The van der Waals surface area contributed by atoms with Crippen LogP contribution in [0.15, 0.2) is 18.2 Å². The van der Waals surface area contributed by atoms with Gasteiger partial charge in [0.1, 0.15) is 0 Å². The zero-order chi connectivity index (χ0) is 13.0. The molecule has 2 heteroatoms. The van der Waals surface area contributed by atoms with Crippen LogP contribution in [0.2, 0.25) is 0 Å². The van der Waals surface area contributed by atoms with E-state index < -0.39 is 0 Å². The van der Waals surface area contributed by atoms with Crippen LogP contribution in [-0.4, -0.2) is 19.1 Å². The van der Waals surface area contributed by atoms with Crippen LogP contribution in [0.4, 0.5) is 5.69 Å². The number of hydrogen-bond donors (Lipinski definition) is 1. The fraction of sp³-hybridized carbons (Fsp3) is 0.625. The lowest BCUT2D eigenvalue weighted by atomic mass is 10.0. The normalized spacial score (nSPS) is 20.2. The Morgan fingerprint density at radius 1 is 1.33 bits per heavy atom. The van der Waals surface area contributed by atoms with Gasteiger partial charge >= 0.3 is 0 Å². The molecule has 1 unspecified atom stereocenters. The topological polar surface area (TPSA) is 15.3 Å². The summed E-state index contributed by atoms with van der Waals surface area (Å²) in [6.07, 6.45) is 4.05. The molecule has 1 fully saturated rings. The van der Waals surface area contributed by atoms with E-state index in [0.29, 0.717) is 6.04 Å². The third-order valence-corrected chi connectivity index (χ3v) is 4.03. The van der Waals surface area contributed by atoms with Crippen molar-refractivity contribution in [1.82, 2.24) is 5.32 Å². The van der Waals surface area contributed by atoms with E-state index in [1.54, 1.807) is 0 Å². The third kappa shape index (κ3) is 3.05. The summed E-state index contributed by atoms with van der Waals surface area (Å²) < 4.78 is 0. The van der Waals surface area contributed by atoms with E-state index in [4.69, 9.17) is 0 Å². The Hall–Kier alpha value is -1.02. The van der Waals surface area contributed by atoms with Crippen LogP contribution < -0.4 is 10.2 Å². The Morgan fingerprint density at radius 2 is 2.17 bits per heavy atom. The van der Waals surface area contributed by atoms with Crippen molar-refractivity contribution >= 4 is 5.69 Å². The van der Waals surface area contributed by atoms with Crippen molar-refractivity contribution in [2.24, 2.45) is 0 Å². The molecular formula is C16H26N2. The molecule has 1 aliphatic rings. The van der Waals surface area contributed by atoms with Gasteiger partial charge in [0.15, 0.2) is 0 Å². The molecular weight excluding hydrogens is 220 g/mol. The number of benzene rings is 1. The van der Waals surface area contributed by atoms with E-state index in [2.05, 4.69) is 49.2 Å². The standard InChI is InChI=1S/C16H26N2/c1-4-17-12-15-8-9-16(11-13(15)2)18-10-6-5-7-14(18)3/h8-9,11,14,17H,4-7,10,12H2,1-3H3. The fourth-order valence-corrected chi connectivity index (χ4v) is 2.80. The molecule has 1 aliphatic heterocycles. The Labute approximate surface area is 111 Å². The highest BCUT2D eigenvalue weighted by Gasteiger charge is 2.18. The number of rotatable bonds is 4. The minimum Gasteiger partial charge on any atom is -0.369 e. The van der Waals surface area contributed by atoms with E-state index >= 15 is 0 Å². The van der Waals surface area contributed by atoms with Gasteiger partial charge in [-0.3, -0.25) is 0 Å². The highest BCUT2D eigenvalue weighted by atomic mass is 15.2. The number of nitrogens with one attached hydrogen (secondary N) is 1. The van der Waals surface area contributed by atoms with Crippen molar-refractivity contribution in [3.05, 3.63) is 29.3 Å². The maximum atomic E-state index is 3.40. The number of nitrogens with zero attached hydrogens (tertiary/aromatic N) is 1. The van der Waals surface area contributed by atoms with Crippen LogP contribution in [0, 0.1) is 6.92 Å². The van der Waals surface area contributed by atoms with Crippen LogP contribution in [0.5, 0.6) is 0 Å². The monoisotopic (exact) mass is 246 g/mol. The minimum absolute atomic E-state index is 0.692. The molecule has 0 aromatic heterocycles. The highest BCUT2D eigenvalue weighted by molar-refractivity contribution is 5.51. The molecule has 100 valence electrons. The van der Waals surface area contributed by atoms with Crippen LogP contribution in [0.1, 0.15) is 44.2 Å². The number of piperidine rings is 1. The van der Waals surface area contributed by atoms with Crippen molar-refractivity contribution in [3.8, 4) is 0 Å². The lowest BCUT2D eigenvalue weighted by Crippen LogP contribution is -2.37. The fourth-order valence-electron chi connectivity index (χ4n) is 2.80. The minimum atomic E-state index is 0.692. The molecule has 18 heavy (non-hydrogen) atoms. The Morgan fingerprint density at radius 3 is 2.83 bits per heavy atom. The number of hydrogen-bond acceptors (Lipinski definition) is 2. The van der Waals surface area contributed by atoms with Gasteiger partial charge in [-0.05, 0) is 62.9 Å². The van der Waals surface area contributed by atoms with Crippen molar-refractivity contribution in [1.29, 1.82) is 0 Å². The average molecular weight is 246 g/mol. The van der Waals surface area contributed by atoms with Gasteiger partial charge in [0, 0.05) is 24.8 Å². The van der Waals surface area contributed by atoms with Crippen LogP contribution in [0.3, 0.4) is 0 Å². The van der Waals surface area contributed by atoms with Crippen molar-refractivity contribution in [3.63, 3.8) is 0 Å². The molecule has 1 saturated heterocycles. The Balaban J connectivity index is 2.12. The first-order valence-corrected chi connectivity index (χ1v) is 7.29. The molecule has 2 nitrogen and oxygen atoms in total. The molecule has 0 spiro atoms. The Kier molecular flexibility index (Phi) is 4.65. The molecule has 1 aromatic rings. The van der Waals surface area contributed by atoms with E-state index in [0.717, 1.165) is 13.1 Å². The summed E-state index contributed by atoms with van der Waals surface area (Å²) in [7, 11) is 0. The van der Waals surface area contributed by atoms with E-state index in [-0.39, 0.29) is 0 Å². The zero-order valence-electron chi connectivity index (χ0n) is 12.0. The molecule has 1 aromatic carbocycles. The summed E-state index contributed by atoms with van der Waals surface area (Å²) in [6.45, 7) is 9.96. The van der Waals surface area contributed by atoms with Crippen LogP contribution in [-0.2, 0) is 6.54 Å². The predicted molar refractivity (Wildman–Crippen MR) is 79.2 cm³/mol. The lowest BCUT2D eigenvalue weighted by molar-refractivity contribution is 0.485. The third-order valence-electron chi connectivity index (χ3n) is 4.03. The first-order chi connectivity index (χ1) is 8.72. The van der Waals surface area contributed by atoms with Gasteiger partial charge in [-0.1, -0.05) is 13.0 Å². The maximum Gasteiger partial charge on any atom is 0.0371 e. The first kappa shape index (κ1) is 13.4. The summed E-state index contributed by atoms with van der Waals surface area (Å²) in [4.78, 5) is 2.56. The van der Waals surface area contributed by atoms with Gasteiger partial charge in [0.05, 0.1) is 0 Å². The van der Waals surface area contributed by atoms with Gasteiger partial charge in [0.2, 0.25) is 0 Å².